The molecule has 0 atom stereocenters. The number of pyridine rings is 1. The zero-order valence-electron chi connectivity index (χ0n) is 9.48. The molecular weight excluding hydrogens is 301 g/mol. The second kappa shape index (κ2) is 5.27. The fourth-order valence-corrected chi connectivity index (χ4v) is 2.08. The number of hydrogen-bond acceptors (Lipinski definition) is 3. The van der Waals surface area contributed by atoms with E-state index in [0.29, 0.717) is 10.2 Å². The van der Waals surface area contributed by atoms with Crippen molar-refractivity contribution in [3.05, 3.63) is 58.1 Å². The highest BCUT2D eigenvalue weighted by atomic mass is 79.9. The maximum Gasteiger partial charge on any atom is 0.219 e. The van der Waals surface area contributed by atoms with Gasteiger partial charge in [-0.3, -0.25) is 4.79 Å². The Morgan fingerprint density at radius 2 is 2.11 bits per heavy atom. The summed E-state index contributed by atoms with van der Waals surface area (Å²) in [5.74, 6) is -0.794. The molecule has 0 amide bonds. The second-order valence-electron chi connectivity index (χ2n) is 3.48. The van der Waals surface area contributed by atoms with Gasteiger partial charge in [-0.15, -0.1) is 0 Å². The average molecular weight is 310 g/mol. The van der Waals surface area contributed by atoms with Crippen LogP contribution < -0.4 is 4.74 Å². The number of aromatic nitrogens is 1. The summed E-state index contributed by atoms with van der Waals surface area (Å²) in [6, 6.07) is 7.60. The zero-order valence-corrected chi connectivity index (χ0v) is 11.1. The highest BCUT2D eigenvalue weighted by Crippen LogP contribution is 2.25. The van der Waals surface area contributed by atoms with Crippen molar-refractivity contribution < 1.29 is 13.9 Å². The lowest BCUT2D eigenvalue weighted by Gasteiger charge is -2.08. The number of ether oxygens (including phenoxy) is 1. The molecular formula is C13H9BrFNO2. The number of methoxy groups -OCH3 is 1. The quantitative estimate of drug-likeness (QED) is 0.817. The van der Waals surface area contributed by atoms with E-state index in [1.807, 2.05) is 0 Å². The molecule has 0 bridgehead atoms. The molecule has 2 aromatic rings. The van der Waals surface area contributed by atoms with E-state index in [-0.39, 0.29) is 11.3 Å². The van der Waals surface area contributed by atoms with Gasteiger partial charge in [0.1, 0.15) is 11.6 Å². The van der Waals surface area contributed by atoms with Crippen LogP contribution in [0.2, 0.25) is 0 Å². The third-order valence-corrected chi connectivity index (χ3v) is 3.06. The van der Waals surface area contributed by atoms with Crippen molar-refractivity contribution in [3.8, 4) is 5.75 Å². The van der Waals surface area contributed by atoms with E-state index < -0.39 is 11.6 Å². The molecule has 1 aromatic carbocycles. The molecule has 0 fully saturated rings. The number of benzene rings is 1. The van der Waals surface area contributed by atoms with Crippen LogP contribution in [0, 0.1) is 5.82 Å². The van der Waals surface area contributed by atoms with Gasteiger partial charge in [0, 0.05) is 10.7 Å². The van der Waals surface area contributed by atoms with Gasteiger partial charge < -0.3 is 4.74 Å². The Bertz CT molecular complexity index is 581. The molecule has 0 saturated heterocycles. The van der Waals surface area contributed by atoms with Gasteiger partial charge in [-0.2, -0.15) is 0 Å². The van der Waals surface area contributed by atoms with Gasteiger partial charge in [-0.25, -0.2) is 9.37 Å². The Morgan fingerprint density at radius 1 is 1.33 bits per heavy atom. The summed E-state index contributed by atoms with van der Waals surface area (Å²) < 4.78 is 19.1. The predicted molar refractivity (Wildman–Crippen MR) is 68.3 cm³/mol. The minimum absolute atomic E-state index is 0.0468. The molecule has 1 heterocycles. The van der Waals surface area contributed by atoms with Crippen LogP contribution in [0.5, 0.6) is 5.75 Å². The fourth-order valence-electron chi connectivity index (χ4n) is 1.56. The third kappa shape index (κ3) is 2.26. The minimum atomic E-state index is -0.595. The van der Waals surface area contributed by atoms with Gasteiger partial charge in [-0.05, 0) is 40.2 Å². The minimum Gasteiger partial charge on any atom is -0.494 e. The molecule has 0 aliphatic rings. The number of nitrogens with zero attached hydrogens (tertiary/aromatic N) is 1. The summed E-state index contributed by atoms with van der Waals surface area (Å²) in [4.78, 5) is 16.2. The predicted octanol–water partition coefficient (Wildman–Crippen LogP) is 3.22. The molecule has 18 heavy (non-hydrogen) atoms. The van der Waals surface area contributed by atoms with Crippen molar-refractivity contribution in [1.82, 2.24) is 4.98 Å². The van der Waals surface area contributed by atoms with Crippen molar-refractivity contribution in [3.63, 3.8) is 0 Å². The van der Waals surface area contributed by atoms with Crippen molar-refractivity contribution in [1.29, 1.82) is 0 Å². The number of carbonyl (C=O) groups is 1. The number of hydrogen-bond donors (Lipinski definition) is 0. The average Bonchev–Trinajstić information content (AvgIpc) is 2.38. The van der Waals surface area contributed by atoms with E-state index in [9.17, 15) is 9.18 Å². The smallest absolute Gasteiger partial charge is 0.219 e. The monoisotopic (exact) mass is 309 g/mol. The Hall–Kier alpha value is -1.75. The standard InChI is InChI=1S/C13H9BrFNO2/c1-18-10-6-3-7-16-12(10)13(17)11-8(14)4-2-5-9(11)15/h2-7H,1H3. The number of rotatable bonds is 3. The SMILES string of the molecule is COc1cccnc1C(=O)c1c(F)cccc1Br. The zero-order chi connectivity index (χ0) is 13.1. The molecule has 0 unspecified atom stereocenters. The first-order valence-electron chi connectivity index (χ1n) is 5.13. The summed E-state index contributed by atoms with van der Waals surface area (Å²) in [7, 11) is 1.43. The summed E-state index contributed by atoms with van der Waals surface area (Å²) >= 11 is 3.16. The normalized spacial score (nSPS) is 10.2. The van der Waals surface area contributed by atoms with Crippen LogP contribution in [0.15, 0.2) is 41.0 Å². The molecule has 0 saturated carbocycles. The Balaban J connectivity index is 2.55. The van der Waals surface area contributed by atoms with E-state index in [4.69, 9.17) is 4.74 Å². The molecule has 0 spiro atoms. The van der Waals surface area contributed by atoms with E-state index in [1.165, 1.54) is 25.4 Å². The molecule has 2 rings (SSSR count). The molecule has 0 aliphatic carbocycles. The summed E-state index contributed by atoms with van der Waals surface area (Å²) in [6.45, 7) is 0. The number of halogens is 2. The van der Waals surface area contributed by atoms with E-state index in [0.717, 1.165) is 0 Å². The largest absolute Gasteiger partial charge is 0.494 e. The first-order valence-corrected chi connectivity index (χ1v) is 5.92. The highest BCUT2D eigenvalue weighted by Gasteiger charge is 2.21. The lowest BCUT2D eigenvalue weighted by molar-refractivity contribution is 0.102. The van der Waals surface area contributed by atoms with Gasteiger partial charge in [-0.1, -0.05) is 6.07 Å². The van der Waals surface area contributed by atoms with Crippen molar-refractivity contribution in [2.75, 3.05) is 7.11 Å². The van der Waals surface area contributed by atoms with Crippen molar-refractivity contribution in [2.24, 2.45) is 0 Å². The molecule has 92 valence electrons. The van der Waals surface area contributed by atoms with Gasteiger partial charge in [0.2, 0.25) is 5.78 Å². The van der Waals surface area contributed by atoms with E-state index in [2.05, 4.69) is 20.9 Å². The Kier molecular flexibility index (Phi) is 3.72. The van der Waals surface area contributed by atoms with Gasteiger partial charge in [0.05, 0.1) is 12.7 Å². The van der Waals surface area contributed by atoms with Crippen LogP contribution in [0.3, 0.4) is 0 Å². The molecule has 1 aromatic heterocycles. The molecule has 0 N–H and O–H groups in total. The fraction of sp³-hybridized carbons (Fsp3) is 0.0769. The van der Waals surface area contributed by atoms with Crippen LogP contribution in [-0.4, -0.2) is 17.9 Å². The van der Waals surface area contributed by atoms with Crippen LogP contribution in [0.4, 0.5) is 4.39 Å². The molecule has 0 aliphatic heterocycles. The van der Waals surface area contributed by atoms with E-state index >= 15 is 0 Å². The lowest BCUT2D eigenvalue weighted by Crippen LogP contribution is -2.09. The topological polar surface area (TPSA) is 39.2 Å². The third-order valence-electron chi connectivity index (χ3n) is 2.40. The lowest BCUT2D eigenvalue weighted by atomic mass is 10.1. The maximum absolute atomic E-state index is 13.7. The van der Waals surface area contributed by atoms with Gasteiger partial charge in [0.25, 0.3) is 0 Å². The number of carbonyl (C=O) groups excluding carboxylic acids is 1. The highest BCUT2D eigenvalue weighted by molar-refractivity contribution is 9.10. The summed E-state index contributed by atoms with van der Waals surface area (Å²) in [6.07, 6.45) is 1.46. The van der Waals surface area contributed by atoms with Crippen molar-refractivity contribution in [2.45, 2.75) is 0 Å². The second-order valence-corrected chi connectivity index (χ2v) is 4.33. The summed E-state index contributed by atoms with van der Waals surface area (Å²) in [5, 5.41) is 0. The van der Waals surface area contributed by atoms with Crippen LogP contribution in [0.1, 0.15) is 16.1 Å². The van der Waals surface area contributed by atoms with Gasteiger partial charge >= 0.3 is 0 Å². The maximum atomic E-state index is 13.7. The van der Waals surface area contributed by atoms with Crippen LogP contribution in [0.25, 0.3) is 0 Å². The summed E-state index contributed by atoms with van der Waals surface area (Å²) in [5.41, 5.74) is 0.0419. The van der Waals surface area contributed by atoms with E-state index in [1.54, 1.807) is 18.2 Å². The Morgan fingerprint density at radius 3 is 2.78 bits per heavy atom. The molecule has 5 heteroatoms. The molecule has 3 nitrogen and oxygen atoms in total. The molecule has 0 radical (unpaired) electrons. The van der Waals surface area contributed by atoms with Gasteiger partial charge in [0.15, 0.2) is 5.69 Å². The van der Waals surface area contributed by atoms with Crippen LogP contribution >= 0.6 is 15.9 Å². The Labute approximate surface area is 112 Å². The first kappa shape index (κ1) is 12.7. The van der Waals surface area contributed by atoms with Crippen molar-refractivity contribution >= 4 is 21.7 Å². The first-order chi connectivity index (χ1) is 8.65. The van der Waals surface area contributed by atoms with Crippen LogP contribution in [-0.2, 0) is 0 Å². The number of ketones is 1.